The van der Waals surface area contributed by atoms with Crippen LogP contribution in [-0.2, 0) is 0 Å². The average Bonchev–Trinajstić information content (AvgIpc) is 2.17. The minimum atomic E-state index is -0.199. The maximum absolute atomic E-state index is 11.0. The Labute approximate surface area is 75.3 Å². The zero-order valence-corrected chi connectivity index (χ0v) is 7.34. The topological polar surface area (TPSA) is 39.2 Å². The number of ketones is 1. The van der Waals surface area contributed by atoms with E-state index in [1.807, 2.05) is 0 Å². The molecule has 3 nitrogen and oxygen atoms in total. The van der Waals surface area contributed by atoms with Gasteiger partial charge in [0.25, 0.3) is 0 Å². The molecule has 0 fully saturated rings. The summed E-state index contributed by atoms with van der Waals surface area (Å²) in [6.07, 6.45) is 1.51. The summed E-state index contributed by atoms with van der Waals surface area (Å²) in [5, 5.41) is 0. The van der Waals surface area contributed by atoms with Gasteiger partial charge >= 0.3 is 0 Å². The van der Waals surface area contributed by atoms with Gasteiger partial charge in [0.15, 0.2) is 5.78 Å². The van der Waals surface area contributed by atoms with Crippen molar-refractivity contribution in [3.05, 3.63) is 24.0 Å². The maximum atomic E-state index is 11.0. The number of halogens is 1. The molecule has 12 heavy (non-hydrogen) atoms. The summed E-state index contributed by atoms with van der Waals surface area (Å²) in [6, 6.07) is 3.23. The smallest absolute Gasteiger partial charge is 0.195 e. The highest BCUT2D eigenvalue weighted by Crippen LogP contribution is 2.10. The highest BCUT2D eigenvalue weighted by Gasteiger charge is 2.05. The Bertz CT molecular complexity index is 288. The van der Waals surface area contributed by atoms with E-state index in [1.54, 1.807) is 12.1 Å². The highest BCUT2D eigenvalue weighted by molar-refractivity contribution is 6.30. The van der Waals surface area contributed by atoms with Crippen LogP contribution in [0.3, 0.4) is 0 Å². The van der Waals surface area contributed by atoms with Crippen LogP contribution in [0.4, 0.5) is 0 Å². The second-order valence-electron chi connectivity index (χ2n) is 2.14. The molecule has 0 aromatic carbocycles. The first kappa shape index (κ1) is 9.00. The molecule has 1 aromatic rings. The molecule has 0 aliphatic carbocycles. The van der Waals surface area contributed by atoms with Crippen molar-refractivity contribution in [2.45, 2.75) is 0 Å². The first-order chi connectivity index (χ1) is 5.77. The van der Waals surface area contributed by atoms with Gasteiger partial charge in [-0.2, -0.15) is 0 Å². The van der Waals surface area contributed by atoms with E-state index in [1.165, 1.54) is 13.3 Å². The van der Waals surface area contributed by atoms with Crippen molar-refractivity contribution in [3.8, 4) is 5.75 Å². The Morgan fingerprint density at radius 3 is 3.08 bits per heavy atom. The molecular formula is C8H8ClNO2. The molecule has 0 bridgehead atoms. The summed E-state index contributed by atoms with van der Waals surface area (Å²) in [6.45, 7) is 0. The zero-order chi connectivity index (χ0) is 8.97. The molecule has 0 spiro atoms. The van der Waals surface area contributed by atoms with Crippen LogP contribution in [0, 0.1) is 0 Å². The van der Waals surface area contributed by atoms with Crippen LogP contribution < -0.4 is 4.74 Å². The first-order valence-electron chi connectivity index (χ1n) is 3.37. The number of alkyl halides is 1. The van der Waals surface area contributed by atoms with Gasteiger partial charge in [-0.05, 0) is 6.07 Å². The second-order valence-corrected chi connectivity index (χ2v) is 2.40. The number of rotatable bonds is 3. The van der Waals surface area contributed by atoms with E-state index < -0.39 is 0 Å². The molecule has 0 radical (unpaired) electrons. The molecular weight excluding hydrogens is 178 g/mol. The molecule has 0 aliphatic rings. The van der Waals surface area contributed by atoms with Crippen LogP contribution >= 0.6 is 11.6 Å². The van der Waals surface area contributed by atoms with Crippen LogP contribution in [0.15, 0.2) is 18.3 Å². The Balaban J connectivity index is 2.93. The molecule has 4 heteroatoms. The van der Waals surface area contributed by atoms with Crippen molar-refractivity contribution in [2.24, 2.45) is 0 Å². The summed E-state index contributed by atoms with van der Waals surface area (Å²) in [7, 11) is 1.53. The first-order valence-corrected chi connectivity index (χ1v) is 3.90. The number of carbonyl (C=O) groups is 1. The van der Waals surface area contributed by atoms with E-state index in [9.17, 15) is 4.79 Å². The molecule has 64 valence electrons. The number of nitrogens with zero attached hydrogens (tertiary/aromatic N) is 1. The van der Waals surface area contributed by atoms with Crippen molar-refractivity contribution < 1.29 is 9.53 Å². The molecule has 0 amide bonds. The normalized spacial score (nSPS) is 9.50. The van der Waals surface area contributed by atoms with Gasteiger partial charge in [0.2, 0.25) is 0 Å². The van der Waals surface area contributed by atoms with E-state index >= 15 is 0 Å². The average molecular weight is 186 g/mol. The Morgan fingerprint density at radius 1 is 1.75 bits per heavy atom. The monoisotopic (exact) mass is 185 g/mol. The van der Waals surface area contributed by atoms with Crippen molar-refractivity contribution in [3.63, 3.8) is 0 Å². The molecule has 0 unspecified atom stereocenters. The van der Waals surface area contributed by atoms with Gasteiger partial charge in [-0.25, -0.2) is 0 Å². The molecule has 1 rings (SSSR count). The number of hydrogen-bond acceptors (Lipinski definition) is 3. The van der Waals surface area contributed by atoms with Gasteiger partial charge in [0, 0.05) is 12.3 Å². The standard InChI is InChI=1S/C8H8ClNO2/c1-12-6-2-3-10-7(4-6)8(11)5-9/h2-4H,5H2,1H3. The van der Waals surface area contributed by atoms with E-state index in [0.717, 1.165) is 0 Å². The van der Waals surface area contributed by atoms with Gasteiger partial charge in [-0.15, -0.1) is 11.6 Å². The van der Waals surface area contributed by atoms with E-state index in [-0.39, 0.29) is 11.7 Å². The van der Waals surface area contributed by atoms with Crippen LogP contribution in [0.2, 0.25) is 0 Å². The third-order valence-corrected chi connectivity index (χ3v) is 1.62. The van der Waals surface area contributed by atoms with Crippen LogP contribution in [-0.4, -0.2) is 23.8 Å². The Hall–Kier alpha value is -1.09. The van der Waals surface area contributed by atoms with Crippen LogP contribution in [0.25, 0.3) is 0 Å². The van der Waals surface area contributed by atoms with Crippen molar-refractivity contribution in [1.82, 2.24) is 4.98 Å². The minimum absolute atomic E-state index is 0.0554. The lowest BCUT2D eigenvalue weighted by Gasteiger charge is -1.99. The molecule has 0 saturated heterocycles. The van der Waals surface area contributed by atoms with Crippen LogP contribution in [0.1, 0.15) is 10.5 Å². The summed E-state index contributed by atoms with van der Waals surface area (Å²) in [4.78, 5) is 14.9. The number of hydrogen-bond donors (Lipinski definition) is 0. The minimum Gasteiger partial charge on any atom is -0.497 e. The summed E-state index contributed by atoms with van der Waals surface area (Å²) in [5.74, 6) is 0.356. The van der Waals surface area contributed by atoms with Crippen molar-refractivity contribution >= 4 is 17.4 Å². The molecule has 0 N–H and O–H groups in total. The van der Waals surface area contributed by atoms with Gasteiger partial charge in [0.1, 0.15) is 11.4 Å². The van der Waals surface area contributed by atoms with E-state index in [2.05, 4.69) is 4.98 Å². The number of carbonyl (C=O) groups excluding carboxylic acids is 1. The van der Waals surface area contributed by atoms with Gasteiger partial charge in [-0.1, -0.05) is 0 Å². The maximum Gasteiger partial charge on any atom is 0.195 e. The fraction of sp³-hybridized carbons (Fsp3) is 0.250. The van der Waals surface area contributed by atoms with Crippen molar-refractivity contribution in [2.75, 3.05) is 13.0 Å². The van der Waals surface area contributed by atoms with Gasteiger partial charge < -0.3 is 4.74 Å². The van der Waals surface area contributed by atoms with Crippen molar-refractivity contribution in [1.29, 1.82) is 0 Å². The largest absolute Gasteiger partial charge is 0.497 e. The summed E-state index contributed by atoms with van der Waals surface area (Å²) < 4.78 is 4.91. The third-order valence-electron chi connectivity index (χ3n) is 1.37. The zero-order valence-electron chi connectivity index (χ0n) is 6.58. The SMILES string of the molecule is COc1ccnc(C(=O)CCl)c1. The summed E-state index contributed by atoms with van der Waals surface area (Å²) in [5.41, 5.74) is 0.337. The number of ether oxygens (including phenoxy) is 1. The Kier molecular flexibility index (Phi) is 3.05. The lowest BCUT2D eigenvalue weighted by Crippen LogP contribution is -2.03. The molecule has 0 atom stereocenters. The molecule has 0 saturated carbocycles. The fourth-order valence-electron chi connectivity index (χ4n) is 0.759. The fourth-order valence-corrected chi connectivity index (χ4v) is 0.896. The Morgan fingerprint density at radius 2 is 2.50 bits per heavy atom. The second kappa shape index (κ2) is 4.07. The molecule has 1 aromatic heterocycles. The predicted molar refractivity (Wildman–Crippen MR) is 45.8 cm³/mol. The number of methoxy groups -OCH3 is 1. The van der Waals surface area contributed by atoms with Gasteiger partial charge in [-0.3, -0.25) is 9.78 Å². The number of Topliss-reactive ketones (excluding diaryl/α,β-unsaturated/α-hetero) is 1. The number of aromatic nitrogens is 1. The van der Waals surface area contributed by atoms with Crippen LogP contribution in [0.5, 0.6) is 5.75 Å². The van der Waals surface area contributed by atoms with E-state index in [4.69, 9.17) is 16.3 Å². The summed E-state index contributed by atoms with van der Waals surface area (Å²) >= 11 is 5.35. The molecule has 0 aliphatic heterocycles. The highest BCUT2D eigenvalue weighted by atomic mass is 35.5. The van der Waals surface area contributed by atoms with Gasteiger partial charge in [0.05, 0.1) is 13.0 Å². The predicted octanol–water partition coefficient (Wildman–Crippen LogP) is 1.51. The number of pyridine rings is 1. The quantitative estimate of drug-likeness (QED) is 0.529. The third kappa shape index (κ3) is 1.95. The lowest BCUT2D eigenvalue weighted by molar-refractivity contribution is 0.101. The van der Waals surface area contributed by atoms with E-state index in [0.29, 0.717) is 11.4 Å². The molecule has 1 heterocycles. The lowest BCUT2D eigenvalue weighted by atomic mass is 10.2.